The molecule has 0 aromatic carbocycles. The molecule has 7 nitrogen and oxygen atoms in total. The van der Waals surface area contributed by atoms with E-state index in [1.165, 1.54) is 6.26 Å². The molecule has 0 radical (unpaired) electrons. The van der Waals surface area contributed by atoms with Gasteiger partial charge in [-0.2, -0.15) is 5.10 Å². The van der Waals surface area contributed by atoms with Crippen LogP contribution in [0.25, 0.3) is 11.5 Å². The molecule has 8 heteroatoms. The van der Waals surface area contributed by atoms with Crippen molar-refractivity contribution in [1.82, 2.24) is 15.5 Å². The van der Waals surface area contributed by atoms with Crippen molar-refractivity contribution in [3.8, 4) is 11.5 Å². The predicted molar refractivity (Wildman–Crippen MR) is 70.8 cm³/mol. The molecule has 0 saturated carbocycles. The first-order valence-corrected chi connectivity index (χ1v) is 7.96. The molecule has 20 heavy (non-hydrogen) atoms. The number of aromatic nitrogens is 2. The molecular weight excluding hydrogens is 282 g/mol. The minimum absolute atomic E-state index is 0.00575. The number of nitrogens with one attached hydrogen (secondary N) is 2. The summed E-state index contributed by atoms with van der Waals surface area (Å²) in [6.07, 6.45) is 1.98. The highest BCUT2D eigenvalue weighted by Gasteiger charge is 2.29. The fourth-order valence-electron chi connectivity index (χ4n) is 2.16. The minimum atomic E-state index is -3.01. The van der Waals surface area contributed by atoms with E-state index in [1.54, 1.807) is 18.2 Å². The van der Waals surface area contributed by atoms with Gasteiger partial charge in [-0.25, -0.2) is 8.42 Å². The summed E-state index contributed by atoms with van der Waals surface area (Å²) >= 11 is 0. The van der Waals surface area contributed by atoms with E-state index >= 15 is 0 Å². The number of H-pyrrole nitrogens is 1. The van der Waals surface area contributed by atoms with Crippen LogP contribution in [0.1, 0.15) is 16.9 Å². The quantitative estimate of drug-likeness (QED) is 0.862. The molecule has 0 bridgehead atoms. The lowest BCUT2D eigenvalue weighted by atomic mass is 10.2. The Bertz CT molecular complexity index is 718. The number of carbonyl (C=O) groups is 1. The van der Waals surface area contributed by atoms with Gasteiger partial charge in [0.1, 0.15) is 5.69 Å². The Morgan fingerprint density at radius 3 is 3.00 bits per heavy atom. The van der Waals surface area contributed by atoms with E-state index < -0.39 is 9.84 Å². The van der Waals surface area contributed by atoms with Gasteiger partial charge in [0.25, 0.3) is 5.91 Å². The van der Waals surface area contributed by atoms with Crippen molar-refractivity contribution in [3.63, 3.8) is 0 Å². The molecule has 1 atom stereocenters. The fourth-order valence-corrected chi connectivity index (χ4v) is 3.84. The van der Waals surface area contributed by atoms with Crippen LogP contribution in [0.2, 0.25) is 0 Å². The number of carbonyl (C=O) groups excluding carboxylic acids is 1. The summed E-state index contributed by atoms with van der Waals surface area (Å²) in [4.78, 5) is 12.0. The van der Waals surface area contributed by atoms with Crippen LogP contribution in [0.3, 0.4) is 0 Å². The normalized spacial score (nSPS) is 20.9. The summed E-state index contributed by atoms with van der Waals surface area (Å²) in [7, 11) is -3.01. The van der Waals surface area contributed by atoms with Gasteiger partial charge in [-0.15, -0.1) is 0 Å². The van der Waals surface area contributed by atoms with E-state index in [1.807, 2.05) is 0 Å². The van der Waals surface area contributed by atoms with E-state index in [9.17, 15) is 13.2 Å². The average Bonchev–Trinajstić information content (AvgIpc) is 3.08. The Kier molecular flexibility index (Phi) is 3.09. The monoisotopic (exact) mass is 295 g/mol. The van der Waals surface area contributed by atoms with Crippen LogP contribution in [0, 0.1) is 0 Å². The molecule has 2 aromatic heterocycles. The first kappa shape index (κ1) is 12.9. The molecule has 2 aromatic rings. The molecule has 0 unspecified atom stereocenters. The van der Waals surface area contributed by atoms with Gasteiger partial charge in [0.15, 0.2) is 21.3 Å². The lowest BCUT2D eigenvalue weighted by Gasteiger charge is -2.08. The standard InChI is InChI=1S/C12H13N3O4S/c16-12(13-8-3-5-20(17,18)7-8)10-6-9(14-15-10)11-2-1-4-19-11/h1-2,4,6,8H,3,5,7H2,(H,13,16)(H,14,15)/t8-/m0/s1. The first-order valence-electron chi connectivity index (χ1n) is 6.14. The van der Waals surface area contributed by atoms with Crippen molar-refractivity contribution >= 4 is 15.7 Å². The second kappa shape index (κ2) is 4.78. The molecule has 1 aliphatic rings. The second-order valence-corrected chi connectivity index (χ2v) is 6.95. The van der Waals surface area contributed by atoms with Crippen molar-refractivity contribution in [3.05, 3.63) is 30.2 Å². The van der Waals surface area contributed by atoms with Gasteiger partial charge in [0, 0.05) is 12.1 Å². The third-order valence-electron chi connectivity index (χ3n) is 3.16. The highest BCUT2D eigenvalue weighted by molar-refractivity contribution is 7.91. The van der Waals surface area contributed by atoms with Gasteiger partial charge in [-0.1, -0.05) is 0 Å². The highest BCUT2D eigenvalue weighted by atomic mass is 32.2. The third-order valence-corrected chi connectivity index (χ3v) is 4.93. The molecule has 3 heterocycles. The van der Waals surface area contributed by atoms with E-state index in [0.717, 1.165) is 0 Å². The SMILES string of the molecule is O=C(N[C@H]1CCS(=O)(=O)C1)c1cc(-c2ccco2)[nH]n1. The maximum absolute atomic E-state index is 12.0. The van der Waals surface area contributed by atoms with Crippen molar-refractivity contribution in [2.45, 2.75) is 12.5 Å². The summed E-state index contributed by atoms with van der Waals surface area (Å²) in [5.41, 5.74) is 0.805. The van der Waals surface area contributed by atoms with Crippen molar-refractivity contribution < 1.29 is 17.6 Å². The maximum Gasteiger partial charge on any atom is 0.272 e. The average molecular weight is 295 g/mol. The molecule has 106 valence electrons. The van der Waals surface area contributed by atoms with Crippen LogP contribution >= 0.6 is 0 Å². The van der Waals surface area contributed by atoms with Crippen LogP contribution in [-0.4, -0.2) is 42.1 Å². The lowest BCUT2D eigenvalue weighted by molar-refractivity contribution is 0.0936. The lowest BCUT2D eigenvalue weighted by Crippen LogP contribution is -2.35. The molecule has 0 aliphatic carbocycles. The molecule has 0 spiro atoms. The smallest absolute Gasteiger partial charge is 0.272 e. The molecule has 1 saturated heterocycles. The number of hydrogen-bond acceptors (Lipinski definition) is 5. The number of rotatable bonds is 3. The summed E-state index contributed by atoms with van der Waals surface area (Å²) in [6, 6.07) is 4.71. The number of aromatic amines is 1. The number of nitrogens with zero attached hydrogens (tertiary/aromatic N) is 1. The molecule has 3 rings (SSSR count). The predicted octanol–water partition coefficient (Wildman–Crippen LogP) is 0.587. The molecule has 2 N–H and O–H groups in total. The Morgan fingerprint density at radius 2 is 2.35 bits per heavy atom. The van der Waals surface area contributed by atoms with E-state index in [4.69, 9.17) is 4.42 Å². The number of amides is 1. The second-order valence-electron chi connectivity index (χ2n) is 4.72. The summed E-state index contributed by atoms with van der Waals surface area (Å²) in [5, 5.41) is 9.29. The number of sulfone groups is 1. The van der Waals surface area contributed by atoms with Gasteiger partial charge >= 0.3 is 0 Å². The van der Waals surface area contributed by atoms with Crippen LogP contribution in [0.5, 0.6) is 0 Å². The topological polar surface area (TPSA) is 105 Å². The zero-order chi connectivity index (χ0) is 14.2. The Labute approximate surface area is 115 Å². The fraction of sp³-hybridized carbons (Fsp3) is 0.333. The summed E-state index contributed by atoms with van der Waals surface area (Å²) in [5.74, 6) is 0.311. The summed E-state index contributed by atoms with van der Waals surface area (Å²) < 4.78 is 27.9. The molecule has 1 fully saturated rings. The van der Waals surface area contributed by atoms with Crippen molar-refractivity contribution in [2.24, 2.45) is 0 Å². The summed E-state index contributed by atoms with van der Waals surface area (Å²) in [6.45, 7) is 0. The van der Waals surface area contributed by atoms with E-state index in [-0.39, 0.29) is 29.1 Å². The Balaban J connectivity index is 1.69. The number of hydrogen-bond donors (Lipinski definition) is 2. The van der Waals surface area contributed by atoms with Gasteiger partial charge in [-0.05, 0) is 18.6 Å². The van der Waals surface area contributed by atoms with Gasteiger partial charge in [0.2, 0.25) is 0 Å². The zero-order valence-electron chi connectivity index (χ0n) is 10.5. The largest absolute Gasteiger partial charge is 0.463 e. The van der Waals surface area contributed by atoms with Gasteiger partial charge in [0.05, 0.1) is 17.8 Å². The molecule has 1 amide bonds. The van der Waals surface area contributed by atoms with Crippen LogP contribution in [0.4, 0.5) is 0 Å². The van der Waals surface area contributed by atoms with Crippen LogP contribution in [-0.2, 0) is 9.84 Å². The van der Waals surface area contributed by atoms with Gasteiger partial charge in [-0.3, -0.25) is 9.89 Å². The first-order chi connectivity index (χ1) is 9.53. The van der Waals surface area contributed by atoms with Crippen molar-refractivity contribution in [2.75, 3.05) is 11.5 Å². The minimum Gasteiger partial charge on any atom is -0.463 e. The maximum atomic E-state index is 12.0. The third kappa shape index (κ3) is 2.60. The van der Waals surface area contributed by atoms with Crippen molar-refractivity contribution in [1.29, 1.82) is 0 Å². The van der Waals surface area contributed by atoms with Gasteiger partial charge < -0.3 is 9.73 Å². The molecular formula is C12H13N3O4S. The number of furan rings is 1. The van der Waals surface area contributed by atoms with E-state index in [0.29, 0.717) is 17.9 Å². The van der Waals surface area contributed by atoms with Crippen LogP contribution < -0.4 is 5.32 Å². The van der Waals surface area contributed by atoms with E-state index in [2.05, 4.69) is 15.5 Å². The highest BCUT2D eigenvalue weighted by Crippen LogP contribution is 2.18. The Morgan fingerprint density at radius 1 is 1.50 bits per heavy atom. The molecule has 1 aliphatic heterocycles. The zero-order valence-corrected chi connectivity index (χ0v) is 11.3. The Hall–Kier alpha value is -2.09. The van der Waals surface area contributed by atoms with Crippen LogP contribution in [0.15, 0.2) is 28.9 Å².